The van der Waals surface area contributed by atoms with Crippen molar-refractivity contribution in [1.82, 2.24) is 25.4 Å². The van der Waals surface area contributed by atoms with Crippen molar-refractivity contribution in [2.45, 2.75) is 25.3 Å². The Morgan fingerprint density at radius 3 is 3.07 bits per heavy atom. The van der Waals surface area contributed by atoms with Crippen LogP contribution in [0, 0.1) is 0 Å². The molecule has 0 unspecified atom stereocenters. The number of hydrogen-bond donors (Lipinski definition) is 2. The maximum atomic E-state index is 5.12. The van der Waals surface area contributed by atoms with Crippen LogP contribution in [0.3, 0.4) is 0 Å². The van der Waals surface area contributed by atoms with Gasteiger partial charge in [0.05, 0.1) is 0 Å². The molecule has 5 nitrogen and oxygen atoms in total. The van der Waals surface area contributed by atoms with Crippen LogP contribution in [0.1, 0.15) is 18.7 Å². The summed E-state index contributed by atoms with van der Waals surface area (Å²) < 4.78 is 1.70. The van der Waals surface area contributed by atoms with Gasteiger partial charge in [-0.15, -0.1) is 0 Å². The number of nitrogens with zero attached hydrogens (tertiary/aromatic N) is 3. The van der Waals surface area contributed by atoms with Gasteiger partial charge in [-0.25, -0.2) is 4.98 Å². The highest BCUT2D eigenvalue weighted by molar-refractivity contribution is 7.80. The fraction of sp³-hybridized carbons (Fsp3) is 0.667. The molecule has 0 aromatic carbocycles. The van der Waals surface area contributed by atoms with E-state index in [1.165, 1.54) is 12.8 Å². The lowest BCUT2D eigenvalue weighted by atomic mass is 10.4. The van der Waals surface area contributed by atoms with Crippen LogP contribution >= 0.6 is 12.2 Å². The molecule has 0 aliphatic heterocycles. The highest BCUT2D eigenvalue weighted by Crippen LogP contribution is 2.18. The summed E-state index contributed by atoms with van der Waals surface area (Å²) in [6, 6.07) is 0.609. The Kier molecular flexibility index (Phi) is 3.15. The first-order valence-corrected chi connectivity index (χ1v) is 5.54. The molecule has 1 aromatic heterocycles. The normalized spacial score (nSPS) is 15.0. The molecule has 0 spiro atoms. The Morgan fingerprint density at radius 1 is 1.67 bits per heavy atom. The van der Waals surface area contributed by atoms with E-state index in [1.807, 2.05) is 7.05 Å². The maximum absolute atomic E-state index is 5.12. The molecule has 2 rings (SSSR count). The van der Waals surface area contributed by atoms with E-state index >= 15 is 0 Å². The number of aromatic nitrogens is 3. The van der Waals surface area contributed by atoms with Crippen LogP contribution in [-0.2, 0) is 13.5 Å². The quantitative estimate of drug-likeness (QED) is 0.706. The van der Waals surface area contributed by atoms with E-state index in [4.69, 9.17) is 12.2 Å². The van der Waals surface area contributed by atoms with Crippen LogP contribution in [0.2, 0.25) is 0 Å². The minimum Gasteiger partial charge on any atom is -0.362 e. The zero-order chi connectivity index (χ0) is 10.7. The largest absolute Gasteiger partial charge is 0.362 e. The van der Waals surface area contributed by atoms with Crippen molar-refractivity contribution in [1.29, 1.82) is 0 Å². The van der Waals surface area contributed by atoms with Crippen LogP contribution in [0.4, 0.5) is 0 Å². The molecule has 1 saturated carbocycles. The average Bonchev–Trinajstić information content (AvgIpc) is 2.89. The molecule has 6 heteroatoms. The average molecular weight is 225 g/mol. The molecule has 1 fully saturated rings. The zero-order valence-corrected chi connectivity index (χ0v) is 9.55. The summed E-state index contributed by atoms with van der Waals surface area (Å²) in [5.74, 6) is 0.847. The van der Waals surface area contributed by atoms with E-state index in [0.29, 0.717) is 6.04 Å². The number of aryl methyl sites for hydroxylation is 1. The van der Waals surface area contributed by atoms with Gasteiger partial charge in [-0.1, -0.05) is 0 Å². The summed E-state index contributed by atoms with van der Waals surface area (Å²) in [6.07, 6.45) is 4.98. The van der Waals surface area contributed by atoms with E-state index in [2.05, 4.69) is 20.7 Å². The number of nitrogens with one attached hydrogen (secondary N) is 2. The van der Waals surface area contributed by atoms with Gasteiger partial charge in [0, 0.05) is 26.1 Å². The van der Waals surface area contributed by atoms with Crippen molar-refractivity contribution >= 4 is 17.3 Å². The van der Waals surface area contributed by atoms with Gasteiger partial charge in [-0.3, -0.25) is 4.68 Å². The Hall–Kier alpha value is -1.17. The van der Waals surface area contributed by atoms with Gasteiger partial charge < -0.3 is 10.6 Å². The fourth-order valence-corrected chi connectivity index (χ4v) is 1.52. The summed E-state index contributed by atoms with van der Waals surface area (Å²) in [7, 11) is 1.86. The smallest absolute Gasteiger partial charge is 0.166 e. The van der Waals surface area contributed by atoms with Crippen molar-refractivity contribution < 1.29 is 0 Å². The summed E-state index contributed by atoms with van der Waals surface area (Å²) in [5.41, 5.74) is 0. The predicted molar refractivity (Wildman–Crippen MR) is 61.5 cm³/mol. The Balaban J connectivity index is 1.63. The van der Waals surface area contributed by atoms with E-state index in [1.54, 1.807) is 11.0 Å². The second kappa shape index (κ2) is 4.57. The van der Waals surface area contributed by atoms with E-state index in [0.717, 1.165) is 23.9 Å². The lowest BCUT2D eigenvalue weighted by molar-refractivity contribution is 0.725. The highest BCUT2D eigenvalue weighted by atomic mass is 32.1. The van der Waals surface area contributed by atoms with Gasteiger partial charge in [-0.05, 0) is 25.1 Å². The molecule has 0 bridgehead atoms. The van der Waals surface area contributed by atoms with Crippen LogP contribution in [0.15, 0.2) is 6.33 Å². The SMILES string of the molecule is Cn1cnc(CCNC(=S)NC2CC2)n1. The van der Waals surface area contributed by atoms with E-state index < -0.39 is 0 Å². The lowest BCUT2D eigenvalue weighted by Crippen LogP contribution is -2.37. The second-order valence-electron chi connectivity index (χ2n) is 3.76. The van der Waals surface area contributed by atoms with Crippen molar-refractivity contribution in [3.05, 3.63) is 12.2 Å². The first-order valence-electron chi connectivity index (χ1n) is 5.13. The molecule has 0 atom stereocenters. The molecule has 1 aliphatic rings. The summed E-state index contributed by atoms with van der Waals surface area (Å²) in [4.78, 5) is 4.13. The van der Waals surface area contributed by atoms with Gasteiger partial charge in [0.15, 0.2) is 10.9 Å². The van der Waals surface area contributed by atoms with Gasteiger partial charge in [-0.2, -0.15) is 5.10 Å². The second-order valence-corrected chi connectivity index (χ2v) is 4.17. The maximum Gasteiger partial charge on any atom is 0.166 e. The van der Waals surface area contributed by atoms with Gasteiger partial charge in [0.2, 0.25) is 0 Å². The summed E-state index contributed by atoms with van der Waals surface area (Å²) in [5, 5.41) is 11.3. The molecular weight excluding hydrogens is 210 g/mol. The molecule has 2 N–H and O–H groups in total. The van der Waals surface area contributed by atoms with Crippen molar-refractivity contribution in [3.8, 4) is 0 Å². The van der Waals surface area contributed by atoms with Crippen molar-refractivity contribution in [2.75, 3.05) is 6.54 Å². The Morgan fingerprint density at radius 2 is 2.47 bits per heavy atom. The van der Waals surface area contributed by atoms with Crippen LogP contribution in [0.25, 0.3) is 0 Å². The molecule has 82 valence electrons. The van der Waals surface area contributed by atoms with Crippen molar-refractivity contribution in [2.24, 2.45) is 7.05 Å². The number of hydrogen-bond acceptors (Lipinski definition) is 3. The van der Waals surface area contributed by atoms with Gasteiger partial charge in [0.1, 0.15) is 6.33 Å². The van der Waals surface area contributed by atoms with Crippen LogP contribution < -0.4 is 10.6 Å². The van der Waals surface area contributed by atoms with Crippen molar-refractivity contribution in [3.63, 3.8) is 0 Å². The standard InChI is InChI=1S/C9H15N5S/c1-14-6-11-8(13-14)4-5-10-9(15)12-7-2-3-7/h6-7H,2-5H2,1H3,(H2,10,12,15). The zero-order valence-electron chi connectivity index (χ0n) is 8.73. The molecular formula is C9H15N5S. The molecule has 1 aliphatic carbocycles. The van der Waals surface area contributed by atoms with Crippen LogP contribution in [0.5, 0.6) is 0 Å². The third-order valence-corrected chi connectivity index (χ3v) is 2.46. The fourth-order valence-electron chi connectivity index (χ4n) is 1.25. The Labute approximate surface area is 94.3 Å². The highest BCUT2D eigenvalue weighted by Gasteiger charge is 2.21. The number of rotatable bonds is 4. The third-order valence-electron chi connectivity index (χ3n) is 2.19. The summed E-state index contributed by atoms with van der Waals surface area (Å²) in [6.45, 7) is 0.780. The lowest BCUT2D eigenvalue weighted by Gasteiger charge is -2.07. The minimum atomic E-state index is 0.609. The van der Waals surface area contributed by atoms with Crippen LogP contribution in [-0.4, -0.2) is 32.5 Å². The molecule has 1 aromatic rings. The molecule has 15 heavy (non-hydrogen) atoms. The molecule has 0 amide bonds. The summed E-state index contributed by atoms with van der Waals surface area (Å²) >= 11 is 5.12. The molecule has 0 radical (unpaired) electrons. The van der Waals surface area contributed by atoms with E-state index in [-0.39, 0.29) is 0 Å². The minimum absolute atomic E-state index is 0.609. The first-order chi connectivity index (χ1) is 7.24. The monoisotopic (exact) mass is 225 g/mol. The predicted octanol–water partition coefficient (Wildman–Crippen LogP) is -0.0159. The first kappa shape index (κ1) is 10.4. The van der Waals surface area contributed by atoms with E-state index in [9.17, 15) is 0 Å². The van der Waals surface area contributed by atoms with Gasteiger partial charge >= 0.3 is 0 Å². The molecule has 1 heterocycles. The third kappa shape index (κ3) is 3.47. The van der Waals surface area contributed by atoms with Gasteiger partial charge in [0.25, 0.3) is 0 Å². The Bertz CT molecular complexity index is 344. The molecule has 0 saturated heterocycles. The topological polar surface area (TPSA) is 54.8 Å². The number of thiocarbonyl (C=S) groups is 1.